The zero-order valence-electron chi connectivity index (χ0n) is 23.3. The van der Waals surface area contributed by atoms with Crippen molar-refractivity contribution < 1.29 is 0 Å². The summed E-state index contributed by atoms with van der Waals surface area (Å²) in [6, 6.07) is 18.5. The van der Waals surface area contributed by atoms with Gasteiger partial charge in [-0.3, -0.25) is 0 Å². The van der Waals surface area contributed by atoms with Gasteiger partial charge in [0.15, 0.2) is 0 Å². The first-order valence-corrected chi connectivity index (χ1v) is 19.4. The summed E-state index contributed by atoms with van der Waals surface area (Å²) in [7, 11) is -3.05. The summed E-state index contributed by atoms with van der Waals surface area (Å²) in [6.07, 6.45) is 7.64. The van der Waals surface area contributed by atoms with Crippen LogP contribution in [0.4, 0.5) is 0 Å². The van der Waals surface area contributed by atoms with E-state index in [9.17, 15) is 0 Å². The Morgan fingerprint density at radius 2 is 0.882 bits per heavy atom. The highest BCUT2D eigenvalue weighted by Gasteiger charge is 2.46. The maximum Gasteiger partial charge on any atom is 0.0649 e. The van der Waals surface area contributed by atoms with Crippen LogP contribution < -0.4 is 0 Å². The first kappa shape index (κ1) is 25.4. The Labute approximate surface area is 211 Å². The van der Waals surface area contributed by atoms with E-state index in [0.717, 1.165) is 12.8 Å². The lowest BCUT2D eigenvalue weighted by atomic mass is 9.97. The molecule has 0 unspecified atom stereocenters. The van der Waals surface area contributed by atoms with Crippen molar-refractivity contribution in [2.75, 3.05) is 0 Å². The van der Waals surface area contributed by atoms with E-state index >= 15 is 0 Å². The quantitative estimate of drug-likeness (QED) is 0.369. The number of fused-ring (bicyclic) bond motifs is 2. The van der Waals surface area contributed by atoms with Gasteiger partial charge in [-0.15, -0.1) is 0 Å². The number of rotatable bonds is 5. The lowest BCUT2D eigenvalue weighted by Gasteiger charge is -2.41. The highest BCUT2D eigenvalue weighted by Crippen LogP contribution is 2.53. The lowest BCUT2D eigenvalue weighted by Crippen LogP contribution is -2.42. The molecule has 34 heavy (non-hydrogen) atoms. The molecule has 2 aromatic rings. The number of benzene rings is 2. The first-order chi connectivity index (χ1) is 15.7. The minimum atomic E-state index is -1.53. The molecule has 2 aliphatic carbocycles. The van der Waals surface area contributed by atoms with Crippen LogP contribution in [0.25, 0.3) is 11.1 Å². The van der Waals surface area contributed by atoms with Gasteiger partial charge in [0.1, 0.15) is 0 Å². The Kier molecular flexibility index (Phi) is 6.35. The molecule has 0 N–H and O–H groups in total. The zero-order chi connectivity index (χ0) is 25.1. The van der Waals surface area contributed by atoms with Gasteiger partial charge in [-0.25, -0.2) is 0 Å². The van der Waals surface area contributed by atoms with E-state index in [2.05, 4.69) is 128 Å². The summed E-state index contributed by atoms with van der Waals surface area (Å²) in [5.74, 6) is 0. The molecule has 0 aromatic heterocycles. The summed E-state index contributed by atoms with van der Waals surface area (Å²) in [5.41, 5.74) is 10.6. The van der Waals surface area contributed by atoms with Gasteiger partial charge in [0.2, 0.25) is 0 Å². The van der Waals surface area contributed by atoms with Gasteiger partial charge in [0, 0.05) is 0 Å². The van der Waals surface area contributed by atoms with Crippen molar-refractivity contribution >= 4 is 27.3 Å². The fraction of sp³-hybridized carbons (Fsp3) is 0.500. The number of hydrogen-bond acceptors (Lipinski definition) is 0. The second-order valence-electron chi connectivity index (χ2n) is 14.0. The van der Waals surface area contributed by atoms with Crippen molar-refractivity contribution in [2.45, 2.75) is 102 Å². The van der Waals surface area contributed by atoms with E-state index < -0.39 is 16.1 Å². The van der Waals surface area contributed by atoms with Crippen molar-refractivity contribution in [3.8, 4) is 0 Å². The topological polar surface area (TPSA) is 0 Å². The maximum atomic E-state index is 2.68. The summed E-state index contributed by atoms with van der Waals surface area (Å²) >= 11 is 0. The van der Waals surface area contributed by atoms with E-state index in [1.165, 1.54) is 11.1 Å². The Morgan fingerprint density at radius 1 is 0.559 bits per heavy atom. The molecule has 0 saturated heterocycles. The van der Waals surface area contributed by atoms with E-state index in [1.807, 2.05) is 0 Å². The van der Waals surface area contributed by atoms with E-state index in [4.69, 9.17) is 0 Å². The molecule has 4 rings (SSSR count). The van der Waals surface area contributed by atoms with Gasteiger partial charge in [-0.1, -0.05) is 128 Å². The molecule has 2 aromatic carbocycles. The molecule has 182 valence electrons. The SMILES string of the molecule is CC(C)(C)[Si](C)(C)[C@H]1C=C(CCC2=C[C@H]([Si](C)(C)C(C)(C)C)c3ccccc32)c2ccccc21. The van der Waals surface area contributed by atoms with Crippen molar-refractivity contribution in [1.82, 2.24) is 0 Å². The molecule has 0 radical (unpaired) electrons. The fourth-order valence-electron chi connectivity index (χ4n) is 5.72. The summed E-state index contributed by atoms with van der Waals surface area (Å²) in [5, 5.41) is 0.750. The number of allylic oxidation sites excluding steroid dienone is 4. The maximum absolute atomic E-state index is 2.68. The molecule has 0 bridgehead atoms. The molecule has 0 saturated carbocycles. The predicted molar refractivity (Wildman–Crippen MR) is 158 cm³/mol. The molecule has 0 nitrogen and oxygen atoms in total. The van der Waals surface area contributed by atoms with Crippen LogP contribution in [0.3, 0.4) is 0 Å². The van der Waals surface area contributed by atoms with Crippen LogP contribution in [-0.2, 0) is 0 Å². The third-order valence-corrected chi connectivity index (χ3v) is 21.9. The molecule has 2 aliphatic rings. The summed E-state index contributed by atoms with van der Waals surface area (Å²) in [6.45, 7) is 25.1. The monoisotopic (exact) mass is 486 g/mol. The standard InChI is InChI=1S/C32H46Si2/c1-31(2,3)33(7,8)29-21-23(25-15-11-13-17-27(25)29)19-20-24-22-30(34(9,10)32(4,5)6)28-18-14-12-16-26(24)28/h11-18,21-22,29-30H,19-20H2,1-10H3/t29-,30-/m0/s1. The van der Waals surface area contributed by atoms with Crippen LogP contribution in [0.2, 0.25) is 36.3 Å². The van der Waals surface area contributed by atoms with Crippen LogP contribution in [0.5, 0.6) is 0 Å². The highest BCUT2D eigenvalue weighted by molar-refractivity contribution is 6.82. The first-order valence-electron chi connectivity index (χ1n) is 13.3. The molecule has 2 heteroatoms. The second-order valence-corrected chi connectivity index (χ2v) is 25.1. The Balaban J connectivity index is 1.66. The van der Waals surface area contributed by atoms with E-state index in [0.29, 0.717) is 21.2 Å². The molecule has 0 spiro atoms. The molecule has 0 fully saturated rings. The molecule has 0 heterocycles. The van der Waals surface area contributed by atoms with Gasteiger partial charge in [-0.2, -0.15) is 0 Å². The Bertz CT molecular complexity index is 1040. The molecule has 2 atom stereocenters. The van der Waals surface area contributed by atoms with Crippen LogP contribution in [0.15, 0.2) is 60.7 Å². The molecular weight excluding hydrogens is 441 g/mol. The minimum absolute atomic E-state index is 0.375. The van der Waals surface area contributed by atoms with Crippen molar-refractivity contribution in [3.63, 3.8) is 0 Å². The van der Waals surface area contributed by atoms with Crippen LogP contribution in [0.1, 0.15) is 87.7 Å². The Morgan fingerprint density at radius 3 is 1.21 bits per heavy atom. The van der Waals surface area contributed by atoms with Gasteiger partial charge >= 0.3 is 0 Å². The van der Waals surface area contributed by atoms with Crippen molar-refractivity contribution in [3.05, 3.63) is 82.9 Å². The smallest absolute Gasteiger partial charge is 0.0649 e. The van der Waals surface area contributed by atoms with Gasteiger partial charge in [0.05, 0.1) is 16.1 Å². The normalized spacial score (nSPS) is 20.6. The largest absolute Gasteiger partial charge is 0.0759 e. The zero-order valence-corrected chi connectivity index (χ0v) is 25.3. The third kappa shape index (κ3) is 4.15. The van der Waals surface area contributed by atoms with E-state index in [-0.39, 0.29) is 0 Å². The molecular formula is C32H46Si2. The lowest BCUT2D eigenvalue weighted by molar-refractivity contribution is 0.705. The number of hydrogen-bond donors (Lipinski definition) is 0. The minimum Gasteiger partial charge on any atom is -0.0759 e. The van der Waals surface area contributed by atoms with Crippen LogP contribution in [0, 0.1) is 0 Å². The highest BCUT2D eigenvalue weighted by atomic mass is 28.3. The third-order valence-electron chi connectivity index (χ3n) is 10.1. The van der Waals surface area contributed by atoms with E-state index in [1.54, 1.807) is 22.3 Å². The summed E-state index contributed by atoms with van der Waals surface area (Å²) < 4.78 is 0. The van der Waals surface area contributed by atoms with Gasteiger partial charge in [-0.05, 0) is 67.4 Å². The average Bonchev–Trinajstić information content (AvgIpc) is 3.30. The Hall–Kier alpha value is -1.65. The second kappa shape index (κ2) is 8.48. The van der Waals surface area contributed by atoms with Crippen molar-refractivity contribution in [1.29, 1.82) is 0 Å². The molecule has 0 amide bonds. The van der Waals surface area contributed by atoms with Gasteiger partial charge in [0.25, 0.3) is 0 Å². The summed E-state index contributed by atoms with van der Waals surface area (Å²) in [4.78, 5) is 0. The average molecular weight is 487 g/mol. The fourth-order valence-corrected chi connectivity index (χ4v) is 10.9. The van der Waals surface area contributed by atoms with Crippen LogP contribution >= 0.6 is 0 Å². The predicted octanol–water partition coefficient (Wildman–Crippen LogP) is 10.2. The van der Waals surface area contributed by atoms with Crippen molar-refractivity contribution in [2.24, 2.45) is 0 Å². The molecule has 0 aliphatic heterocycles. The van der Waals surface area contributed by atoms with Crippen LogP contribution in [-0.4, -0.2) is 16.1 Å². The van der Waals surface area contributed by atoms with Gasteiger partial charge < -0.3 is 0 Å².